The van der Waals surface area contributed by atoms with Crippen LogP contribution in [-0.4, -0.2) is 43.9 Å². The zero-order valence-corrected chi connectivity index (χ0v) is 15.5. The van der Waals surface area contributed by atoms with E-state index >= 15 is 0 Å². The molecule has 0 unspecified atom stereocenters. The Hall–Kier alpha value is -2.44. The van der Waals surface area contributed by atoms with Crippen molar-refractivity contribution in [3.05, 3.63) is 17.7 Å². The minimum atomic E-state index is -0.934. The number of rotatable bonds is 10. The third-order valence-electron chi connectivity index (χ3n) is 4.34. The van der Waals surface area contributed by atoms with Crippen LogP contribution in [0, 0.1) is 0 Å². The van der Waals surface area contributed by atoms with Crippen molar-refractivity contribution < 1.29 is 28.9 Å². The molecule has 0 fully saturated rings. The molecule has 1 aromatic carbocycles. The van der Waals surface area contributed by atoms with Crippen LogP contribution in [0.2, 0.25) is 0 Å². The van der Waals surface area contributed by atoms with Crippen molar-refractivity contribution in [1.29, 1.82) is 0 Å². The number of benzene rings is 1. The van der Waals surface area contributed by atoms with E-state index in [1.807, 2.05) is 13.8 Å². The van der Waals surface area contributed by atoms with Gasteiger partial charge in [-0.15, -0.1) is 0 Å². The Morgan fingerprint density at radius 2 is 1.56 bits per heavy atom. The molecule has 25 heavy (non-hydrogen) atoms. The maximum absolute atomic E-state index is 12.5. The topological polar surface area (TPSA) is 94.1 Å². The quantitative estimate of drug-likeness (QED) is 0.671. The lowest BCUT2D eigenvalue weighted by atomic mass is 9.88. The fraction of sp³-hybridized carbons (Fsp3) is 0.556. The highest BCUT2D eigenvalue weighted by Gasteiger charge is 2.31. The van der Waals surface area contributed by atoms with E-state index in [2.05, 4.69) is 5.32 Å². The predicted molar refractivity (Wildman–Crippen MR) is 93.5 cm³/mol. The summed E-state index contributed by atoms with van der Waals surface area (Å²) in [4.78, 5) is 23.6. The monoisotopic (exact) mass is 353 g/mol. The zero-order valence-electron chi connectivity index (χ0n) is 15.5. The molecule has 0 aliphatic heterocycles. The van der Waals surface area contributed by atoms with Crippen molar-refractivity contribution >= 4 is 11.9 Å². The summed E-state index contributed by atoms with van der Waals surface area (Å²) in [7, 11) is 4.52. The number of nitrogens with one attached hydrogen (secondary N) is 1. The molecule has 2 N–H and O–H groups in total. The van der Waals surface area contributed by atoms with Gasteiger partial charge in [0.15, 0.2) is 11.5 Å². The Morgan fingerprint density at radius 3 is 1.92 bits per heavy atom. The van der Waals surface area contributed by atoms with E-state index in [0.29, 0.717) is 35.7 Å². The fourth-order valence-electron chi connectivity index (χ4n) is 2.77. The highest BCUT2D eigenvalue weighted by molar-refractivity contribution is 5.81. The van der Waals surface area contributed by atoms with E-state index in [0.717, 1.165) is 0 Å². The minimum absolute atomic E-state index is 0.0814. The predicted octanol–water partition coefficient (Wildman–Crippen LogP) is 2.40. The molecule has 0 heterocycles. The first-order valence-corrected chi connectivity index (χ1v) is 8.16. The van der Waals surface area contributed by atoms with Crippen molar-refractivity contribution in [2.75, 3.05) is 21.3 Å². The Bertz CT molecular complexity index is 585. The van der Waals surface area contributed by atoms with Crippen LogP contribution in [0.25, 0.3) is 0 Å². The molecular weight excluding hydrogens is 326 g/mol. The third-order valence-corrected chi connectivity index (χ3v) is 4.34. The number of carboxylic acid groups (broad SMARTS) is 1. The molecule has 7 heteroatoms. The van der Waals surface area contributed by atoms with Gasteiger partial charge in [0.25, 0.3) is 0 Å². The Morgan fingerprint density at radius 1 is 1.04 bits per heavy atom. The van der Waals surface area contributed by atoms with E-state index in [9.17, 15) is 9.59 Å². The second-order valence-electron chi connectivity index (χ2n) is 5.82. The van der Waals surface area contributed by atoms with Crippen LogP contribution in [0.15, 0.2) is 12.1 Å². The molecule has 7 nitrogen and oxygen atoms in total. The van der Waals surface area contributed by atoms with Crippen LogP contribution in [-0.2, 0) is 16.0 Å². The van der Waals surface area contributed by atoms with Crippen molar-refractivity contribution in [1.82, 2.24) is 5.32 Å². The van der Waals surface area contributed by atoms with Gasteiger partial charge >= 0.3 is 5.97 Å². The molecule has 0 saturated heterocycles. The minimum Gasteiger partial charge on any atom is -0.493 e. The maximum Gasteiger partial charge on any atom is 0.305 e. The van der Waals surface area contributed by atoms with Crippen LogP contribution < -0.4 is 19.5 Å². The lowest BCUT2D eigenvalue weighted by molar-refractivity contribution is -0.139. The van der Waals surface area contributed by atoms with E-state index in [1.54, 1.807) is 12.1 Å². The highest BCUT2D eigenvalue weighted by Crippen LogP contribution is 2.38. The maximum atomic E-state index is 12.5. The number of amides is 1. The Labute approximate surface area is 148 Å². The van der Waals surface area contributed by atoms with Crippen LogP contribution in [0.3, 0.4) is 0 Å². The number of hydrogen-bond acceptors (Lipinski definition) is 5. The summed E-state index contributed by atoms with van der Waals surface area (Å²) in [5.41, 5.74) is -0.0627. The van der Waals surface area contributed by atoms with Gasteiger partial charge in [0.1, 0.15) is 0 Å². The zero-order chi connectivity index (χ0) is 19.0. The van der Waals surface area contributed by atoms with Crippen LogP contribution >= 0.6 is 0 Å². The average molecular weight is 353 g/mol. The number of carbonyl (C=O) groups is 2. The number of hydrogen-bond donors (Lipinski definition) is 2. The first-order valence-electron chi connectivity index (χ1n) is 8.16. The molecule has 0 radical (unpaired) electrons. The van der Waals surface area contributed by atoms with Gasteiger partial charge in [-0.1, -0.05) is 13.8 Å². The summed E-state index contributed by atoms with van der Waals surface area (Å²) in [6.07, 6.45) is 1.05. The standard InChI is InChI=1S/C18H27NO6/c1-6-18(7-2,11-16(21)22)19-15(20)10-12-8-13(23-3)17(25-5)14(9-12)24-4/h8-9H,6-7,10-11H2,1-5H3,(H,19,20)(H,21,22). The number of carboxylic acids is 1. The van der Waals surface area contributed by atoms with Gasteiger partial charge in [0, 0.05) is 5.54 Å². The van der Waals surface area contributed by atoms with Crippen molar-refractivity contribution in [3.63, 3.8) is 0 Å². The van der Waals surface area contributed by atoms with Gasteiger partial charge in [0.2, 0.25) is 11.7 Å². The van der Waals surface area contributed by atoms with Gasteiger partial charge in [-0.3, -0.25) is 9.59 Å². The van der Waals surface area contributed by atoms with Gasteiger partial charge in [-0.2, -0.15) is 0 Å². The largest absolute Gasteiger partial charge is 0.493 e. The SMILES string of the molecule is CCC(CC)(CC(=O)O)NC(=O)Cc1cc(OC)c(OC)c(OC)c1. The first-order chi connectivity index (χ1) is 11.8. The number of carbonyl (C=O) groups excluding carboxylic acids is 1. The number of ether oxygens (including phenoxy) is 3. The van der Waals surface area contributed by atoms with E-state index in [-0.39, 0.29) is 18.7 Å². The smallest absolute Gasteiger partial charge is 0.305 e. The molecular formula is C18H27NO6. The summed E-state index contributed by atoms with van der Waals surface area (Å²) >= 11 is 0. The lowest BCUT2D eigenvalue weighted by Crippen LogP contribution is -2.49. The van der Waals surface area contributed by atoms with E-state index in [1.165, 1.54) is 21.3 Å². The fourth-order valence-corrected chi connectivity index (χ4v) is 2.77. The molecule has 0 bridgehead atoms. The second kappa shape index (κ2) is 9.15. The molecule has 1 amide bonds. The van der Waals surface area contributed by atoms with Gasteiger partial charge in [0.05, 0.1) is 34.2 Å². The molecule has 0 aliphatic rings. The normalized spacial score (nSPS) is 10.9. The molecule has 0 atom stereocenters. The summed E-state index contributed by atoms with van der Waals surface area (Å²) in [6.45, 7) is 3.73. The molecule has 1 rings (SSSR count). The molecule has 0 saturated carbocycles. The number of methoxy groups -OCH3 is 3. The Kier molecular flexibility index (Phi) is 7.54. The van der Waals surface area contributed by atoms with Crippen molar-refractivity contribution in [2.24, 2.45) is 0 Å². The first kappa shape index (κ1) is 20.6. The second-order valence-corrected chi connectivity index (χ2v) is 5.82. The summed E-state index contributed by atoms with van der Waals surface area (Å²) < 4.78 is 15.8. The van der Waals surface area contributed by atoms with Gasteiger partial charge < -0.3 is 24.6 Å². The third kappa shape index (κ3) is 5.27. The van der Waals surface area contributed by atoms with E-state index in [4.69, 9.17) is 19.3 Å². The molecule has 0 spiro atoms. The van der Waals surface area contributed by atoms with Crippen molar-refractivity contribution in [3.8, 4) is 17.2 Å². The van der Waals surface area contributed by atoms with Crippen LogP contribution in [0.5, 0.6) is 17.2 Å². The summed E-state index contributed by atoms with van der Waals surface area (Å²) in [5.74, 6) is 0.201. The molecule has 140 valence electrons. The summed E-state index contributed by atoms with van der Waals surface area (Å²) in [6, 6.07) is 3.41. The van der Waals surface area contributed by atoms with Gasteiger partial charge in [-0.05, 0) is 30.5 Å². The average Bonchev–Trinajstić information content (AvgIpc) is 2.59. The number of aliphatic carboxylic acids is 1. The molecule has 0 aliphatic carbocycles. The molecule has 0 aromatic heterocycles. The Balaban J connectivity index is 3.01. The van der Waals surface area contributed by atoms with Crippen LogP contribution in [0.4, 0.5) is 0 Å². The lowest BCUT2D eigenvalue weighted by Gasteiger charge is -2.31. The highest BCUT2D eigenvalue weighted by atomic mass is 16.5. The van der Waals surface area contributed by atoms with Crippen molar-refractivity contribution in [2.45, 2.75) is 45.1 Å². The molecule has 1 aromatic rings. The van der Waals surface area contributed by atoms with E-state index < -0.39 is 11.5 Å². The summed E-state index contributed by atoms with van der Waals surface area (Å²) in [5, 5.41) is 12.0. The van der Waals surface area contributed by atoms with Gasteiger partial charge in [-0.25, -0.2) is 0 Å². The van der Waals surface area contributed by atoms with Crippen LogP contribution in [0.1, 0.15) is 38.7 Å².